The van der Waals surface area contributed by atoms with Crippen molar-refractivity contribution in [2.24, 2.45) is 0 Å². The van der Waals surface area contributed by atoms with Gasteiger partial charge in [-0.2, -0.15) is 0 Å². The predicted octanol–water partition coefficient (Wildman–Crippen LogP) is 2.75. The highest BCUT2D eigenvalue weighted by molar-refractivity contribution is 5.52. The van der Waals surface area contributed by atoms with E-state index in [1.54, 1.807) is 12.1 Å². The number of rotatable bonds is 4. The fourth-order valence-corrected chi connectivity index (χ4v) is 3.60. The largest absolute Gasteiger partial charge is 0.508 e. The van der Waals surface area contributed by atoms with Crippen molar-refractivity contribution in [1.82, 2.24) is 5.32 Å². The van der Waals surface area contributed by atoms with Gasteiger partial charge >= 0.3 is 0 Å². The molecule has 8 heteroatoms. The molecule has 1 unspecified atom stereocenters. The summed E-state index contributed by atoms with van der Waals surface area (Å²) in [5.41, 5.74) is 1.83. The van der Waals surface area contributed by atoms with E-state index in [9.17, 15) is 30.6 Å². The molecule has 4 rings (SSSR count). The standard InChI is InChI=1S/C22H21NO7/c24-13-7-18(27)14-9-15(23-10-11-1-3-16(25)19(28)5-11)22(30-21(14)8-13)12-2-4-17(26)20(29)6-12/h1-8,15,22-29H,9-10H2/t15?,22-/m1/s1. The number of ether oxygens (including phenoxy) is 1. The summed E-state index contributed by atoms with van der Waals surface area (Å²) in [6.45, 7) is 0.330. The lowest BCUT2D eigenvalue weighted by atomic mass is 9.91. The summed E-state index contributed by atoms with van der Waals surface area (Å²) in [5, 5.41) is 62.1. The molecule has 0 bridgehead atoms. The first kappa shape index (κ1) is 19.5. The third-order valence-corrected chi connectivity index (χ3v) is 5.15. The molecule has 0 aromatic heterocycles. The molecular weight excluding hydrogens is 390 g/mol. The average Bonchev–Trinajstić information content (AvgIpc) is 2.70. The van der Waals surface area contributed by atoms with Crippen LogP contribution in [0.2, 0.25) is 0 Å². The maximum atomic E-state index is 10.2. The van der Waals surface area contributed by atoms with Gasteiger partial charge in [0.2, 0.25) is 0 Å². The van der Waals surface area contributed by atoms with Crippen LogP contribution in [-0.2, 0) is 13.0 Å². The fraction of sp³-hybridized carbons (Fsp3) is 0.182. The Morgan fingerprint density at radius 1 is 0.767 bits per heavy atom. The van der Waals surface area contributed by atoms with Crippen LogP contribution in [0, 0.1) is 0 Å². The molecule has 7 N–H and O–H groups in total. The van der Waals surface area contributed by atoms with Gasteiger partial charge in [0.1, 0.15) is 23.4 Å². The van der Waals surface area contributed by atoms with Gasteiger partial charge in [-0.15, -0.1) is 0 Å². The number of phenols is 6. The number of aromatic hydroxyl groups is 6. The molecule has 1 heterocycles. The Bertz CT molecular complexity index is 1100. The lowest BCUT2D eigenvalue weighted by Gasteiger charge is -2.35. The second-order valence-electron chi connectivity index (χ2n) is 7.24. The molecule has 0 saturated heterocycles. The molecule has 1 aliphatic rings. The summed E-state index contributed by atoms with van der Waals surface area (Å²) in [4.78, 5) is 0. The smallest absolute Gasteiger partial charge is 0.157 e. The molecule has 1 aliphatic heterocycles. The van der Waals surface area contributed by atoms with Gasteiger partial charge in [-0.05, 0) is 41.8 Å². The quantitative estimate of drug-likeness (QED) is 0.325. The Hall–Kier alpha value is -3.78. The van der Waals surface area contributed by atoms with Gasteiger partial charge < -0.3 is 40.7 Å². The van der Waals surface area contributed by atoms with Gasteiger partial charge in [0.25, 0.3) is 0 Å². The second kappa shape index (κ2) is 7.57. The first-order valence-corrected chi connectivity index (χ1v) is 9.29. The number of benzene rings is 3. The molecule has 8 nitrogen and oxygen atoms in total. The Balaban J connectivity index is 1.66. The molecule has 0 aliphatic carbocycles. The molecule has 2 atom stereocenters. The van der Waals surface area contributed by atoms with Crippen LogP contribution in [0.15, 0.2) is 48.5 Å². The normalized spacial score (nSPS) is 17.9. The first-order chi connectivity index (χ1) is 14.3. The van der Waals surface area contributed by atoms with Crippen LogP contribution in [0.5, 0.6) is 40.2 Å². The Kier molecular flexibility index (Phi) is 4.93. The molecule has 156 valence electrons. The molecule has 30 heavy (non-hydrogen) atoms. The van der Waals surface area contributed by atoms with E-state index in [1.165, 1.54) is 36.4 Å². The number of hydrogen-bond acceptors (Lipinski definition) is 8. The van der Waals surface area contributed by atoms with Crippen molar-refractivity contribution >= 4 is 0 Å². The Morgan fingerprint density at radius 2 is 1.47 bits per heavy atom. The van der Waals surface area contributed by atoms with E-state index < -0.39 is 6.10 Å². The topological polar surface area (TPSA) is 143 Å². The SMILES string of the molecule is Oc1cc(O)c2c(c1)O[C@H](c1ccc(O)c(O)c1)C(NCc1ccc(O)c(O)c1)C2. The highest BCUT2D eigenvalue weighted by atomic mass is 16.5. The zero-order valence-electron chi connectivity index (χ0n) is 15.8. The Morgan fingerprint density at radius 3 is 2.17 bits per heavy atom. The van der Waals surface area contributed by atoms with Crippen LogP contribution < -0.4 is 10.1 Å². The van der Waals surface area contributed by atoms with Crippen molar-refractivity contribution in [2.75, 3.05) is 0 Å². The van der Waals surface area contributed by atoms with Crippen LogP contribution in [0.25, 0.3) is 0 Å². The van der Waals surface area contributed by atoms with Crippen molar-refractivity contribution in [1.29, 1.82) is 0 Å². The van der Waals surface area contributed by atoms with Gasteiger partial charge in [-0.25, -0.2) is 0 Å². The monoisotopic (exact) mass is 411 g/mol. The van der Waals surface area contributed by atoms with E-state index in [1.807, 2.05) is 0 Å². The molecule has 3 aromatic carbocycles. The van der Waals surface area contributed by atoms with Crippen molar-refractivity contribution < 1.29 is 35.4 Å². The number of nitrogens with one attached hydrogen (secondary N) is 1. The van der Waals surface area contributed by atoms with E-state index in [-0.39, 0.29) is 40.5 Å². The minimum Gasteiger partial charge on any atom is -0.508 e. The first-order valence-electron chi connectivity index (χ1n) is 9.29. The molecule has 0 radical (unpaired) electrons. The van der Waals surface area contributed by atoms with Crippen LogP contribution >= 0.6 is 0 Å². The van der Waals surface area contributed by atoms with E-state index in [4.69, 9.17) is 4.74 Å². The minimum atomic E-state index is -0.601. The van der Waals surface area contributed by atoms with Crippen LogP contribution in [0.1, 0.15) is 22.8 Å². The van der Waals surface area contributed by atoms with Crippen molar-refractivity contribution in [3.8, 4) is 40.2 Å². The molecule has 0 spiro atoms. The van der Waals surface area contributed by atoms with Crippen LogP contribution in [0.4, 0.5) is 0 Å². The molecule has 0 fully saturated rings. The van der Waals surface area contributed by atoms with Gasteiger partial charge in [0.05, 0.1) is 6.04 Å². The zero-order valence-corrected chi connectivity index (χ0v) is 15.8. The van der Waals surface area contributed by atoms with Crippen molar-refractivity contribution in [3.63, 3.8) is 0 Å². The van der Waals surface area contributed by atoms with Gasteiger partial charge in [-0.3, -0.25) is 0 Å². The summed E-state index contributed by atoms with van der Waals surface area (Å²) >= 11 is 0. The summed E-state index contributed by atoms with van der Waals surface area (Å²) in [6, 6.07) is 11.2. The van der Waals surface area contributed by atoms with E-state index >= 15 is 0 Å². The van der Waals surface area contributed by atoms with Gasteiger partial charge in [-0.1, -0.05) is 12.1 Å². The van der Waals surface area contributed by atoms with E-state index in [0.29, 0.717) is 29.8 Å². The lowest BCUT2D eigenvalue weighted by molar-refractivity contribution is 0.130. The summed E-state index contributed by atoms with van der Waals surface area (Å²) in [5.74, 6) is -0.887. The zero-order chi connectivity index (χ0) is 21.4. The highest BCUT2D eigenvalue weighted by Crippen LogP contribution is 2.43. The van der Waals surface area contributed by atoms with Crippen molar-refractivity contribution in [3.05, 3.63) is 65.2 Å². The van der Waals surface area contributed by atoms with E-state index in [0.717, 1.165) is 5.56 Å². The van der Waals surface area contributed by atoms with Gasteiger partial charge in [0, 0.05) is 24.2 Å². The minimum absolute atomic E-state index is 0.0916. The molecule has 0 amide bonds. The average molecular weight is 411 g/mol. The molecule has 3 aromatic rings. The van der Waals surface area contributed by atoms with Crippen LogP contribution in [-0.4, -0.2) is 36.7 Å². The summed E-state index contributed by atoms with van der Waals surface area (Å²) in [6.07, 6.45) is -0.242. The van der Waals surface area contributed by atoms with Crippen molar-refractivity contribution in [2.45, 2.75) is 25.1 Å². The fourth-order valence-electron chi connectivity index (χ4n) is 3.60. The summed E-state index contributed by atoms with van der Waals surface area (Å²) in [7, 11) is 0. The molecule has 0 saturated carbocycles. The van der Waals surface area contributed by atoms with Crippen LogP contribution in [0.3, 0.4) is 0 Å². The van der Waals surface area contributed by atoms with Gasteiger partial charge in [0.15, 0.2) is 23.0 Å². The third-order valence-electron chi connectivity index (χ3n) is 5.15. The maximum absolute atomic E-state index is 10.2. The number of phenolic OH excluding ortho intramolecular Hbond substituents is 6. The number of fused-ring (bicyclic) bond motifs is 1. The number of hydrogen-bond donors (Lipinski definition) is 7. The Labute approximate surface area is 171 Å². The highest BCUT2D eigenvalue weighted by Gasteiger charge is 2.33. The third kappa shape index (κ3) is 3.72. The lowest BCUT2D eigenvalue weighted by Crippen LogP contribution is -2.41. The predicted molar refractivity (Wildman–Crippen MR) is 107 cm³/mol. The second-order valence-corrected chi connectivity index (χ2v) is 7.24. The maximum Gasteiger partial charge on any atom is 0.157 e. The summed E-state index contributed by atoms with van der Waals surface area (Å²) < 4.78 is 6.05. The molecular formula is C22H21NO7. The van der Waals surface area contributed by atoms with E-state index in [2.05, 4.69) is 5.32 Å².